The third-order valence-corrected chi connectivity index (χ3v) is 5.12. The normalized spacial score (nSPS) is 13.7. The molecule has 28 heavy (non-hydrogen) atoms. The van der Waals surface area contributed by atoms with Crippen LogP contribution in [0.25, 0.3) is 0 Å². The molecule has 1 N–H and O–H groups in total. The summed E-state index contributed by atoms with van der Waals surface area (Å²) < 4.78 is 16.4. The molecule has 1 aliphatic rings. The van der Waals surface area contributed by atoms with Crippen LogP contribution in [0.2, 0.25) is 0 Å². The third-order valence-electron chi connectivity index (χ3n) is 5.12. The van der Waals surface area contributed by atoms with Gasteiger partial charge < -0.3 is 24.4 Å². The van der Waals surface area contributed by atoms with Crippen LogP contribution in [-0.2, 0) is 19.4 Å². The number of guanidine groups is 1. The van der Waals surface area contributed by atoms with E-state index in [0.717, 1.165) is 55.5 Å². The summed E-state index contributed by atoms with van der Waals surface area (Å²) in [5.74, 6) is 3.16. The van der Waals surface area contributed by atoms with E-state index in [2.05, 4.69) is 39.5 Å². The number of hydrogen-bond acceptors (Lipinski definition) is 4. The Balaban J connectivity index is 1.66. The first kappa shape index (κ1) is 19.9. The Morgan fingerprint density at radius 1 is 1.04 bits per heavy atom. The lowest BCUT2D eigenvalue weighted by Gasteiger charge is -2.31. The summed E-state index contributed by atoms with van der Waals surface area (Å²) in [6.45, 7) is 2.57. The molecule has 0 spiro atoms. The van der Waals surface area contributed by atoms with Crippen LogP contribution >= 0.6 is 0 Å². The topological polar surface area (TPSA) is 55.3 Å². The summed E-state index contributed by atoms with van der Waals surface area (Å²) in [6.07, 6.45) is 1.79. The van der Waals surface area contributed by atoms with Crippen molar-refractivity contribution >= 4 is 5.96 Å². The van der Waals surface area contributed by atoms with Crippen molar-refractivity contribution in [1.29, 1.82) is 0 Å². The van der Waals surface area contributed by atoms with E-state index in [4.69, 9.17) is 14.2 Å². The average Bonchev–Trinajstić information content (AvgIpc) is 2.76. The first-order valence-corrected chi connectivity index (χ1v) is 9.51. The van der Waals surface area contributed by atoms with Crippen molar-refractivity contribution < 1.29 is 14.2 Å². The SMILES string of the molecule is CN=C(NCCc1c(OC)cc(OC)cc1OC)N1CCc2ccccc2C1. The van der Waals surface area contributed by atoms with Gasteiger partial charge in [-0.05, 0) is 24.0 Å². The predicted octanol–water partition coefficient (Wildman–Crippen LogP) is 2.89. The highest BCUT2D eigenvalue weighted by molar-refractivity contribution is 5.80. The molecule has 2 aromatic rings. The summed E-state index contributed by atoms with van der Waals surface area (Å²) in [7, 11) is 6.79. The van der Waals surface area contributed by atoms with Crippen LogP contribution in [0.5, 0.6) is 17.2 Å². The number of hydrogen-bond donors (Lipinski definition) is 1. The first-order valence-electron chi connectivity index (χ1n) is 9.51. The Morgan fingerprint density at radius 2 is 1.71 bits per heavy atom. The zero-order valence-corrected chi connectivity index (χ0v) is 17.1. The van der Waals surface area contributed by atoms with Crippen molar-refractivity contribution in [1.82, 2.24) is 10.2 Å². The van der Waals surface area contributed by atoms with E-state index in [-0.39, 0.29) is 0 Å². The highest BCUT2D eigenvalue weighted by atomic mass is 16.5. The van der Waals surface area contributed by atoms with Gasteiger partial charge in [-0.3, -0.25) is 4.99 Å². The van der Waals surface area contributed by atoms with Crippen molar-refractivity contribution in [2.75, 3.05) is 41.5 Å². The molecule has 0 unspecified atom stereocenters. The number of nitrogens with zero attached hydrogens (tertiary/aromatic N) is 2. The lowest BCUT2D eigenvalue weighted by atomic mass is 10.0. The second-order valence-corrected chi connectivity index (χ2v) is 6.67. The van der Waals surface area contributed by atoms with Crippen molar-refractivity contribution in [3.63, 3.8) is 0 Å². The molecule has 0 saturated carbocycles. The smallest absolute Gasteiger partial charge is 0.193 e. The predicted molar refractivity (Wildman–Crippen MR) is 112 cm³/mol. The highest BCUT2D eigenvalue weighted by Crippen LogP contribution is 2.34. The summed E-state index contributed by atoms with van der Waals surface area (Å²) in [5.41, 5.74) is 3.81. The van der Waals surface area contributed by atoms with Gasteiger partial charge in [0.2, 0.25) is 0 Å². The van der Waals surface area contributed by atoms with Gasteiger partial charge in [-0.1, -0.05) is 24.3 Å². The fraction of sp³-hybridized carbons (Fsp3) is 0.409. The molecule has 0 atom stereocenters. The molecule has 0 aromatic heterocycles. The largest absolute Gasteiger partial charge is 0.496 e. The number of rotatable bonds is 6. The molecular formula is C22H29N3O3. The molecule has 0 saturated heterocycles. The Kier molecular flexibility index (Phi) is 6.63. The minimum absolute atomic E-state index is 0.716. The Bertz CT molecular complexity index is 811. The van der Waals surface area contributed by atoms with E-state index >= 15 is 0 Å². The number of ether oxygens (including phenoxy) is 3. The number of benzene rings is 2. The standard InChI is InChI=1S/C22H29N3O3/c1-23-22(25-12-10-16-7-5-6-8-17(16)15-25)24-11-9-19-20(27-3)13-18(26-2)14-21(19)28-4/h5-8,13-14H,9-12,15H2,1-4H3,(H,23,24). The van der Waals surface area contributed by atoms with Crippen LogP contribution in [0.3, 0.4) is 0 Å². The lowest BCUT2D eigenvalue weighted by Crippen LogP contribution is -2.44. The Morgan fingerprint density at radius 3 is 2.32 bits per heavy atom. The average molecular weight is 383 g/mol. The van der Waals surface area contributed by atoms with Crippen molar-refractivity contribution in [2.24, 2.45) is 4.99 Å². The Labute approximate surface area is 167 Å². The van der Waals surface area contributed by atoms with Crippen LogP contribution < -0.4 is 19.5 Å². The van der Waals surface area contributed by atoms with E-state index in [0.29, 0.717) is 5.75 Å². The summed E-state index contributed by atoms with van der Waals surface area (Å²) in [4.78, 5) is 6.77. The van der Waals surface area contributed by atoms with Gasteiger partial charge in [0.25, 0.3) is 0 Å². The van der Waals surface area contributed by atoms with Gasteiger partial charge in [-0.25, -0.2) is 0 Å². The maximum Gasteiger partial charge on any atom is 0.193 e. The van der Waals surface area contributed by atoms with E-state index < -0.39 is 0 Å². The fourth-order valence-electron chi connectivity index (χ4n) is 3.63. The van der Waals surface area contributed by atoms with Crippen molar-refractivity contribution in [3.8, 4) is 17.2 Å². The van der Waals surface area contributed by atoms with Crippen molar-refractivity contribution in [3.05, 3.63) is 53.1 Å². The van der Waals surface area contributed by atoms with Gasteiger partial charge in [0.15, 0.2) is 5.96 Å². The zero-order chi connectivity index (χ0) is 19.9. The van der Waals surface area contributed by atoms with Crippen molar-refractivity contribution in [2.45, 2.75) is 19.4 Å². The molecule has 0 radical (unpaired) electrons. The highest BCUT2D eigenvalue weighted by Gasteiger charge is 2.19. The quantitative estimate of drug-likeness (QED) is 0.614. The van der Waals surface area contributed by atoms with Gasteiger partial charge in [-0.15, -0.1) is 0 Å². The maximum atomic E-state index is 5.54. The monoisotopic (exact) mass is 383 g/mol. The van der Waals surface area contributed by atoms with Gasteiger partial charge in [0.05, 0.1) is 21.3 Å². The van der Waals surface area contributed by atoms with E-state index in [1.807, 2.05) is 19.2 Å². The number of fused-ring (bicyclic) bond motifs is 1. The zero-order valence-electron chi connectivity index (χ0n) is 17.1. The van der Waals surface area contributed by atoms with Crippen LogP contribution in [0.15, 0.2) is 41.4 Å². The molecule has 6 nitrogen and oxygen atoms in total. The molecule has 1 heterocycles. The van der Waals surface area contributed by atoms with E-state index in [1.165, 1.54) is 11.1 Å². The molecule has 2 aromatic carbocycles. The minimum atomic E-state index is 0.716. The Hall–Kier alpha value is -2.89. The molecule has 1 aliphatic heterocycles. The minimum Gasteiger partial charge on any atom is -0.496 e. The van der Waals surface area contributed by atoms with Gasteiger partial charge in [-0.2, -0.15) is 0 Å². The van der Waals surface area contributed by atoms with Crippen LogP contribution in [0.4, 0.5) is 0 Å². The number of nitrogens with one attached hydrogen (secondary N) is 1. The van der Waals surface area contributed by atoms with E-state index in [1.54, 1.807) is 21.3 Å². The molecular weight excluding hydrogens is 354 g/mol. The van der Waals surface area contributed by atoms with Gasteiger partial charge >= 0.3 is 0 Å². The fourth-order valence-corrected chi connectivity index (χ4v) is 3.63. The lowest BCUT2D eigenvalue weighted by molar-refractivity contribution is 0.366. The summed E-state index contributed by atoms with van der Waals surface area (Å²) in [5, 5.41) is 3.48. The third kappa shape index (κ3) is 4.32. The van der Waals surface area contributed by atoms with Crippen LogP contribution in [0, 0.1) is 0 Å². The molecule has 6 heteroatoms. The second-order valence-electron chi connectivity index (χ2n) is 6.67. The number of aliphatic imine (C=N–C) groups is 1. The first-order chi connectivity index (χ1) is 13.7. The van der Waals surface area contributed by atoms with E-state index in [9.17, 15) is 0 Å². The van der Waals surface area contributed by atoms with Gasteiger partial charge in [0, 0.05) is 44.4 Å². The number of methoxy groups -OCH3 is 3. The second kappa shape index (κ2) is 9.35. The molecule has 0 fully saturated rings. The van der Waals surface area contributed by atoms with Gasteiger partial charge in [0.1, 0.15) is 17.2 Å². The van der Waals surface area contributed by atoms with Crippen LogP contribution in [0.1, 0.15) is 16.7 Å². The van der Waals surface area contributed by atoms with Crippen LogP contribution in [-0.4, -0.2) is 52.3 Å². The summed E-state index contributed by atoms with van der Waals surface area (Å²) >= 11 is 0. The molecule has 0 bridgehead atoms. The molecule has 3 rings (SSSR count). The maximum absolute atomic E-state index is 5.54. The summed E-state index contributed by atoms with van der Waals surface area (Å²) in [6, 6.07) is 12.4. The molecule has 150 valence electrons. The molecule has 0 aliphatic carbocycles. The molecule has 0 amide bonds.